The minimum absolute atomic E-state index is 0.112. The maximum atomic E-state index is 14.0. The number of benzene rings is 2. The molecule has 0 spiro atoms. The van der Waals surface area contributed by atoms with Gasteiger partial charge >= 0.3 is 0 Å². The molecule has 0 bridgehead atoms. The predicted octanol–water partition coefficient (Wildman–Crippen LogP) is 7.90. The molecule has 4 aromatic heterocycles. The van der Waals surface area contributed by atoms with Crippen LogP contribution >= 0.6 is 11.3 Å². The Bertz CT molecular complexity index is 2130. The van der Waals surface area contributed by atoms with E-state index in [-0.39, 0.29) is 24.2 Å². The van der Waals surface area contributed by atoms with Crippen molar-refractivity contribution < 1.29 is 22.4 Å². The standard InChI is InChI=1S/C35H29F3N6O2S/c1-3-14-44-18-27-30(35(44)45)31(29(34-43-42-19(2)46-34)26(41-27)11-7-20-4-8-23(36)9-5-20)28-16-22-12-13-39-33(32(22)47-28)40-17-21-6-10-24(37)25(38)15-21/h4-6,8-10,12-13,15-16H,3,7,11,14,17-18H2,1-2H3,(H,39,40). The highest BCUT2D eigenvalue weighted by Crippen LogP contribution is 2.46. The molecule has 1 aliphatic heterocycles. The fraction of sp³-hybridized carbons (Fsp3) is 0.229. The van der Waals surface area contributed by atoms with E-state index in [1.165, 1.54) is 29.5 Å². The number of hydrogen-bond acceptors (Lipinski definition) is 8. The highest BCUT2D eigenvalue weighted by Gasteiger charge is 2.36. The molecule has 2 aromatic carbocycles. The monoisotopic (exact) mass is 654 g/mol. The normalized spacial score (nSPS) is 12.7. The number of rotatable bonds is 10. The number of thiophene rings is 1. The van der Waals surface area contributed by atoms with Crippen molar-refractivity contribution >= 4 is 33.1 Å². The number of hydrogen-bond donors (Lipinski definition) is 1. The second-order valence-corrected chi connectivity index (χ2v) is 12.5. The first-order chi connectivity index (χ1) is 22.8. The van der Waals surface area contributed by atoms with E-state index in [1.54, 1.807) is 30.2 Å². The van der Waals surface area contributed by atoms with Gasteiger partial charge in [-0.25, -0.2) is 18.2 Å². The van der Waals surface area contributed by atoms with Crippen LogP contribution in [-0.2, 0) is 25.9 Å². The van der Waals surface area contributed by atoms with Crippen LogP contribution in [0.3, 0.4) is 0 Å². The molecule has 0 saturated carbocycles. The average molecular weight is 655 g/mol. The van der Waals surface area contributed by atoms with Crippen molar-refractivity contribution in [1.82, 2.24) is 25.1 Å². The van der Waals surface area contributed by atoms with Crippen LogP contribution in [0.1, 0.15) is 52.1 Å². The number of carbonyl (C=O) groups is 1. The lowest BCUT2D eigenvalue weighted by molar-refractivity contribution is 0.0778. The highest BCUT2D eigenvalue weighted by atomic mass is 32.1. The van der Waals surface area contributed by atoms with E-state index in [9.17, 15) is 18.0 Å². The third-order valence-corrected chi connectivity index (χ3v) is 9.28. The molecule has 0 atom stereocenters. The van der Waals surface area contributed by atoms with Gasteiger partial charge < -0.3 is 14.6 Å². The summed E-state index contributed by atoms with van der Waals surface area (Å²) in [5, 5.41) is 12.6. The van der Waals surface area contributed by atoms with Gasteiger partial charge in [0.15, 0.2) is 11.6 Å². The third-order valence-electron chi connectivity index (χ3n) is 8.11. The number of fused-ring (bicyclic) bond motifs is 2. The number of aromatic nitrogens is 4. The first-order valence-corrected chi connectivity index (χ1v) is 16.1. The van der Waals surface area contributed by atoms with Crippen LogP contribution in [0.25, 0.3) is 32.0 Å². The molecule has 6 aromatic rings. The molecule has 0 saturated heterocycles. The molecular weight excluding hydrogens is 625 g/mol. The first-order valence-electron chi connectivity index (χ1n) is 15.3. The van der Waals surface area contributed by atoms with Crippen molar-refractivity contribution in [2.45, 2.75) is 46.2 Å². The van der Waals surface area contributed by atoms with E-state index in [4.69, 9.17) is 9.40 Å². The summed E-state index contributed by atoms with van der Waals surface area (Å²) in [5.41, 5.74) is 4.65. The van der Waals surface area contributed by atoms with Gasteiger partial charge in [0.2, 0.25) is 11.8 Å². The summed E-state index contributed by atoms with van der Waals surface area (Å²) in [5.74, 6) is -1.03. The average Bonchev–Trinajstić information content (AvgIpc) is 3.78. The van der Waals surface area contributed by atoms with Gasteiger partial charge in [0, 0.05) is 36.7 Å². The maximum absolute atomic E-state index is 14.0. The Balaban J connectivity index is 1.37. The van der Waals surface area contributed by atoms with Gasteiger partial charge in [-0.2, -0.15) is 0 Å². The number of nitrogens with one attached hydrogen (secondary N) is 1. The topological polar surface area (TPSA) is 97.0 Å². The quantitative estimate of drug-likeness (QED) is 0.160. The second-order valence-electron chi connectivity index (χ2n) is 11.4. The molecule has 12 heteroatoms. The van der Waals surface area contributed by atoms with Crippen LogP contribution in [0.15, 0.2) is 65.2 Å². The number of nitrogens with zero attached hydrogens (tertiary/aromatic N) is 5. The van der Waals surface area contributed by atoms with Crippen LogP contribution in [0, 0.1) is 24.4 Å². The van der Waals surface area contributed by atoms with E-state index in [0.29, 0.717) is 71.3 Å². The van der Waals surface area contributed by atoms with Crippen LogP contribution in [0.5, 0.6) is 0 Å². The Kier molecular flexibility index (Phi) is 8.19. The molecule has 1 N–H and O–H groups in total. The summed E-state index contributed by atoms with van der Waals surface area (Å²) in [6, 6.07) is 14.0. The molecule has 47 heavy (non-hydrogen) atoms. The van der Waals surface area contributed by atoms with Gasteiger partial charge in [-0.3, -0.25) is 9.78 Å². The van der Waals surface area contributed by atoms with Crippen molar-refractivity contribution in [3.63, 3.8) is 0 Å². The molecule has 1 aliphatic rings. The van der Waals surface area contributed by atoms with Gasteiger partial charge in [0.1, 0.15) is 11.6 Å². The molecule has 0 fully saturated rings. The number of aryl methyl sites for hydroxylation is 3. The number of anilines is 1. The van der Waals surface area contributed by atoms with E-state index in [2.05, 4.69) is 20.5 Å². The van der Waals surface area contributed by atoms with Crippen molar-refractivity contribution in [3.8, 4) is 21.9 Å². The van der Waals surface area contributed by atoms with Gasteiger partial charge in [0.25, 0.3) is 5.91 Å². The summed E-state index contributed by atoms with van der Waals surface area (Å²) < 4.78 is 47.8. The molecule has 1 amide bonds. The van der Waals surface area contributed by atoms with Gasteiger partial charge in [-0.15, -0.1) is 21.5 Å². The van der Waals surface area contributed by atoms with Gasteiger partial charge in [0.05, 0.1) is 33.8 Å². The van der Waals surface area contributed by atoms with Crippen molar-refractivity contribution in [1.29, 1.82) is 0 Å². The molecule has 0 radical (unpaired) electrons. The highest BCUT2D eigenvalue weighted by molar-refractivity contribution is 7.23. The van der Waals surface area contributed by atoms with Gasteiger partial charge in [-0.1, -0.05) is 25.1 Å². The van der Waals surface area contributed by atoms with Crippen molar-refractivity contribution in [2.75, 3.05) is 11.9 Å². The fourth-order valence-electron chi connectivity index (χ4n) is 5.91. The summed E-state index contributed by atoms with van der Waals surface area (Å²) in [6.07, 6.45) is 3.53. The Hall–Kier alpha value is -5.10. The third kappa shape index (κ3) is 5.96. The lowest BCUT2D eigenvalue weighted by atomic mass is 9.94. The Morgan fingerprint density at radius 1 is 0.936 bits per heavy atom. The first kappa shape index (κ1) is 30.5. The van der Waals surface area contributed by atoms with Crippen LogP contribution < -0.4 is 5.32 Å². The van der Waals surface area contributed by atoms with Crippen LogP contribution in [0.4, 0.5) is 19.0 Å². The fourth-order valence-corrected chi connectivity index (χ4v) is 7.09. The van der Waals surface area contributed by atoms with E-state index in [0.717, 1.165) is 39.1 Å². The smallest absolute Gasteiger partial charge is 0.256 e. The summed E-state index contributed by atoms with van der Waals surface area (Å²) >= 11 is 1.45. The number of amides is 1. The lowest BCUT2D eigenvalue weighted by Crippen LogP contribution is -2.24. The Morgan fingerprint density at radius 2 is 1.74 bits per heavy atom. The number of carbonyl (C=O) groups excluding carboxylic acids is 1. The minimum atomic E-state index is -0.916. The van der Waals surface area contributed by atoms with Crippen LogP contribution in [0.2, 0.25) is 0 Å². The van der Waals surface area contributed by atoms with E-state index >= 15 is 0 Å². The van der Waals surface area contributed by atoms with Crippen molar-refractivity contribution in [3.05, 3.63) is 112 Å². The molecule has 7 rings (SSSR count). The summed E-state index contributed by atoms with van der Waals surface area (Å²) in [4.78, 5) is 26.2. The Morgan fingerprint density at radius 3 is 2.49 bits per heavy atom. The lowest BCUT2D eigenvalue weighted by Gasteiger charge is -2.15. The molecule has 5 heterocycles. The van der Waals surface area contributed by atoms with Crippen LogP contribution in [-0.4, -0.2) is 37.5 Å². The molecule has 238 valence electrons. The van der Waals surface area contributed by atoms with E-state index < -0.39 is 11.6 Å². The zero-order valence-corrected chi connectivity index (χ0v) is 26.4. The molecule has 0 unspecified atom stereocenters. The number of halogens is 3. The zero-order chi connectivity index (χ0) is 32.7. The molecule has 0 aliphatic carbocycles. The molecule has 8 nitrogen and oxygen atoms in total. The predicted molar refractivity (Wildman–Crippen MR) is 173 cm³/mol. The zero-order valence-electron chi connectivity index (χ0n) is 25.6. The van der Waals surface area contributed by atoms with Gasteiger partial charge in [-0.05, 0) is 72.2 Å². The second kappa shape index (κ2) is 12.6. The summed E-state index contributed by atoms with van der Waals surface area (Å²) in [6.45, 7) is 4.93. The van der Waals surface area contributed by atoms with Crippen molar-refractivity contribution in [2.24, 2.45) is 0 Å². The minimum Gasteiger partial charge on any atom is -0.421 e. The Labute approximate surface area is 272 Å². The largest absolute Gasteiger partial charge is 0.421 e. The number of pyridine rings is 2. The summed E-state index contributed by atoms with van der Waals surface area (Å²) in [7, 11) is 0. The van der Waals surface area contributed by atoms with E-state index in [1.807, 2.05) is 19.1 Å². The molecular formula is C35H29F3N6O2S. The SMILES string of the molecule is CCCN1Cc2nc(CCc3ccc(F)cc3)c(-c3nnc(C)o3)c(-c3cc4ccnc(NCc5ccc(F)c(F)c5)c4s3)c2C1=O. The maximum Gasteiger partial charge on any atom is 0.256 e.